The topological polar surface area (TPSA) is 78.9 Å². The van der Waals surface area contributed by atoms with Crippen molar-refractivity contribution in [2.24, 2.45) is 0 Å². The molecular weight excluding hydrogens is 344 g/mol. The summed E-state index contributed by atoms with van der Waals surface area (Å²) in [7, 11) is 0. The van der Waals surface area contributed by atoms with E-state index in [1.807, 2.05) is 43.0 Å². The van der Waals surface area contributed by atoms with Gasteiger partial charge >= 0.3 is 0 Å². The lowest BCUT2D eigenvalue weighted by atomic mass is 10.1. The van der Waals surface area contributed by atoms with Crippen LogP contribution in [0.1, 0.15) is 52.0 Å². The lowest BCUT2D eigenvalue weighted by molar-refractivity contribution is -0.134. The number of likely N-dealkylation sites (N-methyl/N-ethyl adjacent to an activating group) is 1. The van der Waals surface area contributed by atoms with E-state index in [0.717, 1.165) is 24.8 Å². The predicted molar refractivity (Wildman–Crippen MR) is 107 cm³/mol. The van der Waals surface area contributed by atoms with Crippen molar-refractivity contribution in [2.45, 2.75) is 58.9 Å². The maximum atomic E-state index is 12.4. The number of carbonyl (C=O) groups is 2. The number of aliphatic hydroxyl groups is 1. The van der Waals surface area contributed by atoms with Gasteiger partial charge in [-0.05, 0) is 39.2 Å². The first-order valence-corrected chi connectivity index (χ1v) is 9.91. The third-order valence-electron chi connectivity index (χ3n) is 4.47. The van der Waals surface area contributed by atoms with E-state index in [1.54, 1.807) is 0 Å². The van der Waals surface area contributed by atoms with Crippen LogP contribution in [0.4, 0.5) is 0 Å². The van der Waals surface area contributed by atoms with E-state index in [1.165, 1.54) is 0 Å². The average molecular weight is 379 g/mol. The van der Waals surface area contributed by atoms with E-state index in [2.05, 4.69) is 12.2 Å². The lowest BCUT2D eigenvalue weighted by Crippen LogP contribution is -2.44. The molecule has 0 saturated carbocycles. The molecule has 0 aromatic heterocycles. The van der Waals surface area contributed by atoms with E-state index in [9.17, 15) is 9.59 Å². The Balaban J connectivity index is 2.53. The zero-order valence-corrected chi connectivity index (χ0v) is 16.9. The van der Waals surface area contributed by atoms with Crippen molar-refractivity contribution in [2.75, 3.05) is 26.3 Å². The number of amides is 2. The molecular formula is C21H34N2O4. The third-order valence-corrected chi connectivity index (χ3v) is 4.47. The van der Waals surface area contributed by atoms with Gasteiger partial charge in [-0.25, -0.2) is 0 Å². The number of para-hydroxylation sites is 1. The maximum Gasteiger partial charge on any atom is 0.242 e. The summed E-state index contributed by atoms with van der Waals surface area (Å²) < 4.78 is 5.71. The molecule has 0 spiro atoms. The van der Waals surface area contributed by atoms with Gasteiger partial charge < -0.3 is 20.1 Å². The zero-order valence-electron chi connectivity index (χ0n) is 16.9. The summed E-state index contributed by atoms with van der Waals surface area (Å²) in [5.74, 6) is 0.415. The summed E-state index contributed by atoms with van der Waals surface area (Å²) >= 11 is 0. The van der Waals surface area contributed by atoms with Crippen molar-refractivity contribution in [1.29, 1.82) is 0 Å². The monoisotopic (exact) mass is 378 g/mol. The minimum Gasteiger partial charge on any atom is -0.493 e. The van der Waals surface area contributed by atoms with E-state index in [0.29, 0.717) is 25.3 Å². The molecule has 0 aliphatic carbocycles. The van der Waals surface area contributed by atoms with Gasteiger partial charge in [0.2, 0.25) is 11.8 Å². The van der Waals surface area contributed by atoms with Crippen molar-refractivity contribution in [3.8, 4) is 5.75 Å². The van der Waals surface area contributed by atoms with Crippen molar-refractivity contribution < 1.29 is 19.4 Å². The van der Waals surface area contributed by atoms with Gasteiger partial charge in [0.05, 0.1) is 19.6 Å². The molecule has 6 heteroatoms. The molecule has 1 aromatic carbocycles. The first kappa shape index (κ1) is 23.0. The van der Waals surface area contributed by atoms with Crippen LogP contribution >= 0.6 is 0 Å². The Morgan fingerprint density at radius 1 is 1.22 bits per heavy atom. The Hall–Kier alpha value is -2.08. The van der Waals surface area contributed by atoms with Crippen LogP contribution < -0.4 is 10.1 Å². The highest BCUT2D eigenvalue weighted by atomic mass is 16.5. The largest absolute Gasteiger partial charge is 0.493 e. The van der Waals surface area contributed by atoms with Crippen LogP contribution in [0.25, 0.3) is 0 Å². The molecule has 2 amide bonds. The van der Waals surface area contributed by atoms with Crippen LogP contribution in [0.15, 0.2) is 24.3 Å². The fourth-order valence-corrected chi connectivity index (χ4v) is 3.01. The van der Waals surface area contributed by atoms with Crippen LogP contribution in [-0.2, 0) is 16.0 Å². The van der Waals surface area contributed by atoms with Crippen LogP contribution in [0.5, 0.6) is 5.75 Å². The number of rotatable bonds is 13. The molecule has 1 unspecified atom stereocenters. The number of ether oxygens (including phenoxy) is 1. The summed E-state index contributed by atoms with van der Waals surface area (Å²) in [5.41, 5.74) is 0.790. The van der Waals surface area contributed by atoms with Gasteiger partial charge in [0.25, 0.3) is 0 Å². The highest BCUT2D eigenvalue weighted by Crippen LogP contribution is 2.19. The van der Waals surface area contributed by atoms with E-state index < -0.39 is 0 Å². The van der Waals surface area contributed by atoms with Crippen LogP contribution in [-0.4, -0.2) is 54.2 Å². The third kappa shape index (κ3) is 8.43. The maximum absolute atomic E-state index is 12.4. The first-order chi connectivity index (χ1) is 13.0. The van der Waals surface area contributed by atoms with Crippen LogP contribution in [0.2, 0.25) is 0 Å². The fourth-order valence-electron chi connectivity index (χ4n) is 3.01. The number of carbonyl (C=O) groups excluding carboxylic acids is 2. The second kappa shape index (κ2) is 13.1. The van der Waals surface area contributed by atoms with Crippen molar-refractivity contribution in [1.82, 2.24) is 10.2 Å². The normalized spacial score (nSPS) is 11.7. The summed E-state index contributed by atoms with van der Waals surface area (Å²) in [6, 6.07) is 7.58. The van der Waals surface area contributed by atoms with Crippen molar-refractivity contribution in [3.05, 3.63) is 29.8 Å². The van der Waals surface area contributed by atoms with Crippen LogP contribution in [0.3, 0.4) is 0 Å². The molecule has 0 saturated heterocycles. The summed E-state index contributed by atoms with van der Waals surface area (Å²) in [4.78, 5) is 26.5. The molecule has 2 N–H and O–H groups in total. The lowest BCUT2D eigenvalue weighted by Gasteiger charge is -2.28. The summed E-state index contributed by atoms with van der Waals surface area (Å²) in [6.07, 6.45) is 3.59. The van der Waals surface area contributed by atoms with Gasteiger partial charge in [-0.3, -0.25) is 9.59 Å². The van der Waals surface area contributed by atoms with Crippen molar-refractivity contribution >= 4 is 11.8 Å². The van der Waals surface area contributed by atoms with E-state index in [4.69, 9.17) is 9.84 Å². The molecule has 1 aromatic rings. The van der Waals surface area contributed by atoms with Crippen molar-refractivity contribution in [3.63, 3.8) is 0 Å². The van der Waals surface area contributed by atoms with E-state index >= 15 is 0 Å². The highest BCUT2D eigenvalue weighted by molar-refractivity contribution is 5.86. The molecule has 0 aliphatic heterocycles. The Labute approximate surface area is 162 Å². The Bertz CT molecular complexity index is 577. The molecule has 0 heterocycles. The number of hydrogen-bond donors (Lipinski definition) is 2. The predicted octanol–water partition coefficient (Wildman–Crippen LogP) is 2.53. The molecule has 0 bridgehead atoms. The Kier molecular flexibility index (Phi) is 11.2. The van der Waals surface area contributed by atoms with Gasteiger partial charge in [0.1, 0.15) is 5.75 Å². The van der Waals surface area contributed by atoms with Gasteiger partial charge in [0, 0.05) is 24.8 Å². The molecule has 27 heavy (non-hydrogen) atoms. The molecule has 0 radical (unpaired) electrons. The van der Waals surface area contributed by atoms with Gasteiger partial charge in [-0.15, -0.1) is 0 Å². The number of aliphatic hydroxyl groups excluding tert-OH is 1. The van der Waals surface area contributed by atoms with Gasteiger partial charge in [0.15, 0.2) is 0 Å². The highest BCUT2D eigenvalue weighted by Gasteiger charge is 2.18. The minimum absolute atomic E-state index is 0.0141. The van der Waals surface area contributed by atoms with Gasteiger partial charge in [-0.1, -0.05) is 31.5 Å². The first-order valence-electron chi connectivity index (χ1n) is 9.91. The Morgan fingerprint density at radius 3 is 2.63 bits per heavy atom. The average Bonchev–Trinajstić information content (AvgIpc) is 2.65. The molecule has 0 aliphatic rings. The smallest absolute Gasteiger partial charge is 0.242 e. The SMILES string of the molecule is CCCC(C)N(CC)C(=O)CNC(=O)Cc1ccccc1OCCCCO. The number of nitrogens with zero attached hydrogens (tertiary/aromatic N) is 1. The number of hydrogen-bond acceptors (Lipinski definition) is 4. The summed E-state index contributed by atoms with van der Waals surface area (Å²) in [5, 5.41) is 11.5. The standard InChI is InChI=1S/C21H34N2O4/c1-4-10-17(3)23(5-2)21(26)16-22-20(25)15-18-11-6-7-12-19(18)27-14-9-8-13-24/h6-7,11-12,17,24H,4-5,8-10,13-16H2,1-3H3,(H,22,25). The number of unbranched alkanes of at least 4 members (excludes halogenated alkanes) is 1. The quantitative estimate of drug-likeness (QED) is 0.517. The molecule has 0 fully saturated rings. The molecule has 6 nitrogen and oxygen atoms in total. The Morgan fingerprint density at radius 2 is 1.96 bits per heavy atom. The molecule has 1 rings (SSSR count). The minimum atomic E-state index is -0.200. The fraction of sp³-hybridized carbons (Fsp3) is 0.619. The molecule has 1 atom stereocenters. The number of benzene rings is 1. The second-order valence-electron chi connectivity index (χ2n) is 6.66. The molecule has 152 valence electrons. The number of nitrogens with one attached hydrogen (secondary N) is 1. The second-order valence-corrected chi connectivity index (χ2v) is 6.66. The van der Waals surface area contributed by atoms with Gasteiger partial charge in [-0.2, -0.15) is 0 Å². The van der Waals surface area contributed by atoms with E-state index in [-0.39, 0.29) is 37.4 Å². The summed E-state index contributed by atoms with van der Waals surface area (Å²) in [6.45, 7) is 7.39. The van der Waals surface area contributed by atoms with Crippen LogP contribution in [0, 0.1) is 0 Å². The zero-order chi connectivity index (χ0) is 20.1.